The summed E-state index contributed by atoms with van der Waals surface area (Å²) in [6, 6.07) is 4.94. The third kappa shape index (κ3) is 4.89. The summed E-state index contributed by atoms with van der Waals surface area (Å²) in [4.78, 5) is 29.6. The molecule has 0 saturated carbocycles. The number of benzene rings is 1. The number of carbonyl (C=O) groups is 2. The van der Waals surface area contributed by atoms with Crippen molar-refractivity contribution in [1.29, 1.82) is 5.26 Å². The average Bonchev–Trinajstić information content (AvgIpc) is 2.73. The summed E-state index contributed by atoms with van der Waals surface area (Å²) in [5.41, 5.74) is -0.633. The van der Waals surface area contributed by atoms with E-state index < -0.39 is 35.0 Å². The van der Waals surface area contributed by atoms with Gasteiger partial charge in [0.1, 0.15) is 12.1 Å². The highest BCUT2D eigenvalue weighted by molar-refractivity contribution is 6.31. The number of hydrogen-bond donors (Lipinski definition) is 2. The number of aromatic nitrogens is 1. The molecule has 2 heterocycles. The normalized spacial score (nSPS) is 17.3. The molecule has 1 aliphatic heterocycles. The van der Waals surface area contributed by atoms with Crippen molar-refractivity contribution in [2.24, 2.45) is 0 Å². The number of hydrogen-bond acceptors (Lipinski definition) is 4. The molecule has 2 N–H and O–H groups in total. The van der Waals surface area contributed by atoms with Crippen LogP contribution < -0.4 is 10.6 Å². The van der Waals surface area contributed by atoms with E-state index in [1.807, 2.05) is 6.07 Å². The first-order chi connectivity index (χ1) is 15.0. The van der Waals surface area contributed by atoms with E-state index in [0.29, 0.717) is 5.56 Å². The van der Waals surface area contributed by atoms with Crippen LogP contribution in [0.2, 0.25) is 10.0 Å². The van der Waals surface area contributed by atoms with Gasteiger partial charge in [-0.25, -0.2) is 9.78 Å². The highest BCUT2D eigenvalue weighted by atomic mass is 35.5. The summed E-state index contributed by atoms with van der Waals surface area (Å²) >= 11 is 11.8. The van der Waals surface area contributed by atoms with Crippen molar-refractivity contribution in [2.45, 2.75) is 25.2 Å². The standard InChI is InChI=1S/C20H16Cl2F3N5O2/c1-10-18(31)27-4-5-30(10)19(32)29-16(11-2-3-14(21)12(6-11)8-26)13-7-15(22)17(28-9-13)20(23,24)25/h2-3,6-7,9-10,16H,4-5H2,1H3,(H,27,31)(H,29,32)/t10-,16-/m1/s1. The second-order valence-electron chi connectivity index (χ2n) is 6.99. The predicted octanol–water partition coefficient (Wildman–Crippen LogP) is 3.90. The second-order valence-corrected chi connectivity index (χ2v) is 7.81. The molecule has 1 fully saturated rings. The molecule has 3 amide bonds. The third-order valence-electron chi connectivity index (χ3n) is 4.94. The summed E-state index contributed by atoms with van der Waals surface area (Å²) in [6.07, 6.45) is -3.80. The Morgan fingerprint density at radius 3 is 2.66 bits per heavy atom. The molecule has 7 nitrogen and oxygen atoms in total. The van der Waals surface area contributed by atoms with Gasteiger partial charge < -0.3 is 15.5 Å². The zero-order valence-corrected chi connectivity index (χ0v) is 18.0. The lowest BCUT2D eigenvalue weighted by atomic mass is 9.98. The number of amides is 3. The Labute approximate surface area is 191 Å². The van der Waals surface area contributed by atoms with Crippen molar-refractivity contribution in [1.82, 2.24) is 20.5 Å². The van der Waals surface area contributed by atoms with Gasteiger partial charge in [-0.05, 0) is 36.2 Å². The molecular weight excluding hydrogens is 470 g/mol. The van der Waals surface area contributed by atoms with E-state index in [1.54, 1.807) is 6.92 Å². The topological polar surface area (TPSA) is 98.1 Å². The highest BCUT2D eigenvalue weighted by Gasteiger charge is 2.36. The number of piperazine rings is 1. The summed E-state index contributed by atoms with van der Waals surface area (Å²) in [7, 11) is 0. The Kier molecular flexibility index (Phi) is 6.81. The van der Waals surface area contributed by atoms with Crippen LogP contribution in [-0.4, -0.2) is 41.0 Å². The lowest BCUT2D eigenvalue weighted by molar-refractivity contribution is -0.141. The minimum absolute atomic E-state index is 0.111. The summed E-state index contributed by atoms with van der Waals surface area (Å²) in [5, 5.41) is 14.1. The molecular formula is C20H16Cl2F3N5O2. The van der Waals surface area contributed by atoms with Crippen LogP contribution in [0.1, 0.15) is 35.3 Å². The van der Waals surface area contributed by atoms with Gasteiger partial charge in [-0.1, -0.05) is 29.3 Å². The van der Waals surface area contributed by atoms with Crippen molar-refractivity contribution < 1.29 is 22.8 Å². The van der Waals surface area contributed by atoms with Gasteiger partial charge in [-0.2, -0.15) is 18.4 Å². The predicted molar refractivity (Wildman–Crippen MR) is 110 cm³/mol. The van der Waals surface area contributed by atoms with Crippen molar-refractivity contribution in [3.8, 4) is 6.07 Å². The molecule has 0 unspecified atom stereocenters. The molecule has 2 atom stereocenters. The Hall–Kier alpha value is -3.03. The maximum Gasteiger partial charge on any atom is 0.434 e. The van der Waals surface area contributed by atoms with E-state index in [2.05, 4.69) is 15.6 Å². The van der Waals surface area contributed by atoms with E-state index in [0.717, 1.165) is 12.3 Å². The third-order valence-corrected chi connectivity index (χ3v) is 5.55. The number of halogens is 5. The zero-order chi connectivity index (χ0) is 23.6. The summed E-state index contributed by atoms with van der Waals surface area (Å²) < 4.78 is 39.2. The molecule has 0 aliphatic carbocycles. The van der Waals surface area contributed by atoms with Crippen LogP contribution >= 0.6 is 23.2 Å². The first kappa shape index (κ1) is 23.6. The van der Waals surface area contributed by atoms with Gasteiger partial charge in [-0.15, -0.1) is 0 Å². The first-order valence-electron chi connectivity index (χ1n) is 9.30. The maximum absolute atomic E-state index is 13.1. The lowest BCUT2D eigenvalue weighted by Gasteiger charge is -2.34. The Balaban J connectivity index is 2.02. The van der Waals surface area contributed by atoms with Crippen LogP contribution in [0.15, 0.2) is 30.5 Å². The van der Waals surface area contributed by atoms with Crippen LogP contribution in [0.25, 0.3) is 0 Å². The van der Waals surface area contributed by atoms with Gasteiger partial charge in [-0.3, -0.25) is 4.79 Å². The smallest absolute Gasteiger partial charge is 0.353 e. The van der Waals surface area contributed by atoms with E-state index in [9.17, 15) is 28.0 Å². The number of nitriles is 1. The van der Waals surface area contributed by atoms with Crippen LogP contribution in [0.3, 0.4) is 0 Å². The average molecular weight is 486 g/mol. The first-order valence-corrected chi connectivity index (χ1v) is 10.1. The van der Waals surface area contributed by atoms with Crippen molar-refractivity contribution in [3.05, 3.63) is 62.9 Å². The number of nitrogens with one attached hydrogen (secondary N) is 2. The minimum atomic E-state index is -4.75. The molecule has 1 saturated heterocycles. The monoisotopic (exact) mass is 485 g/mol. The fourth-order valence-corrected chi connectivity index (χ4v) is 3.69. The van der Waals surface area contributed by atoms with Gasteiger partial charge in [0.2, 0.25) is 5.91 Å². The summed E-state index contributed by atoms with van der Waals surface area (Å²) in [6.45, 7) is 2.05. The molecule has 1 aliphatic rings. The minimum Gasteiger partial charge on any atom is -0.353 e. The van der Waals surface area contributed by atoms with Crippen molar-refractivity contribution >= 4 is 35.1 Å². The molecule has 168 valence electrons. The van der Waals surface area contributed by atoms with E-state index >= 15 is 0 Å². The van der Waals surface area contributed by atoms with Crippen LogP contribution in [-0.2, 0) is 11.0 Å². The molecule has 0 radical (unpaired) electrons. The molecule has 32 heavy (non-hydrogen) atoms. The van der Waals surface area contributed by atoms with Gasteiger partial charge in [0.15, 0.2) is 5.69 Å². The zero-order valence-electron chi connectivity index (χ0n) is 16.5. The van der Waals surface area contributed by atoms with Gasteiger partial charge in [0.25, 0.3) is 0 Å². The quantitative estimate of drug-likeness (QED) is 0.688. The SMILES string of the molecule is C[C@@H]1C(=O)NCCN1C(=O)N[C@@H](c1cnc(C(F)(F)F)c(Cl)c1)c1ccc(Cl)c(C#N)c1. The lowest BCUT2D eigenvalue weighted by Crippen LogP contribution is -2.58. The number of nitrogens with zero attached hydrogens (tertiary/aromatic N) is 3. The van der Waals surface area contributed by atoms with E-state index in [4.69, 9.17) is 23.2 Å². The molecule has 12 heteroatoms. The second kappa shape index (κ2) is 9.22. The number of urea groups is 1. The highest BCUT2D eigenvalue weighted by Crippen LogP contribution is 2.35. The molecule has 1 aromatic carbocycles. The molecule has 1 aromatic heterocycles. The van der Waals surface area contributed by atoms with Gasteiger partial charge >= 0.3 is 12.2 Å². The Morgan fingerprint density at radius 1 is 1.31 bits per heavy atom. The molecule has 2 aromatic rings. The van der Waals surface area contributed by atoms with Crippen molar-refractivity contribution in [2.75, 3.05) is 13.1 Å². The van der Waals surface area contributed by atoms with Crippen LogP contribution in [0.4, 0.5) is 18.0 Å². The van der Waals surface area contributed by atoms with E-state index in [1.165, 1.54) is 23.1 Å². The van der Waals surface area contributed by atoms with Crippen LogP contribution in [0.5, 0.6) is 0 Å². The fourth-order valence-electron chi connectivity index (χ4n) is 3.25. The van der Waals surface area contributed by atoms with Crippen molar-refractivity contribution in [3.63, 3.8) is 0 Å². The van der Waals surface area contributed by atoms with Crippen LogP contribution in [0, 0.1) is 11.3 Å². The largest absolute Gasteiger partial charge is 0.434 e. The van der Waals surface area contributed by atoms with Gasteiger partial charge in [0.05, 0.1) is 21.7 Å². The van der Waals surface area contributed by atoms with E-state index in [-0.39, 0.29) is 35.1 Å². The van der Waals surface area contributed by atoms with Gasteiger partial charge in [0, 0.05) is 19.3 Å². The molecule has 0 bridgehead atoms. The number of alkyl halides is 3. The number of pyridine rings is 1. The Bertz CT molecular complexity index is 1100. The molecule has 3 rings (SSSR count). The maximum atomic E-state index is 13.1. The Morgan fingerprint density at radius 2 is 2.03 bits per heavy atom. The fraction of sp³-hybridized carbons (Fsp3) is 0.300. The number of carbonyl (C=O) groups excluding carboxylic acids is 2. The summed E-state index contributed by atoms with van der Waals surface area (Å²) in [5.74, 6) is -0.333. The molecule has 0 spiro atoms. The number of rotatable bonds is 3.